The Morgan fingerprint density at radius 1 is 1.25 bits per heavy atom. The van der Waals surface area contributed by atoms with E-state index in [1.807, 2.05) is 0 Å². The zero-order valence-electron chi connectivity index (χ0n) is 17.0. The van der Waals surface area contributed by atoms with Crippen LogP contribution in [0.4, 0.5) is 33.3 Å². The molecule has 32 heavy (non-hydrogen) atoms. The molecule has 1 amide bonds. The topological polar surface area (TPSA) is 76.8 Å². The second kappa shape index (κ2) is 9.12. The maximum Gasteiger partial charge on any atom is 0.419 e. The standard InChI is InChI=1S/C20H20F5N3O3S/c1-30-17-14(7-6-13(21)16(17)22)28-10-19(31-2,20(23,24)25)9-15(28)18(29)27-11-4-3-5-12(8-11)32-26/h3-8,15H,9-10,26H2,1-2H3,(H,27,29). The van der Waals surface area contributed by atoms with E-state index in [0.717, 1.165) is 43.2 Å². The number of nitrogens with two attached hydrogens (primary N) is 1. The molecule has 2 unspecified atom stereocenters. The number of carbonyl (C=O) groups is 1. The van der Waals surface area contributed by atoms with Gasteiger partial charge in [-0.2, -0.15) is 17.6 Å². The summed E-state index contributed by atoms with van der Waals surface area (Å²) >= 11 is 0.930. The Kier molecular flexibility index (Phi) is 6.86. The van der Waals surface area contributed by atoms with E-state index in [1.54, 1.807) is 24.3 Å². The summed E-state index contributed by atoms with van der Waals surface area (Å²) in [7, 11) is 1.94. The number of hydrogen-bond acceptors (Lipinski definition) is 6. The summed E-state index contributed by atoms with van der Waals surface area (Å²) in [6.07, 6.45) is -5.61. The molecule has 1 fully saturated rings. The Morgan fingerprint density at radius 3 is 2.56 bits per heavy atom. The van der Waals surface area contributed by atoms with Crippen LogP contribution in [-0.2, 0) is 9.53 Å². The lowest BCUT2D eigenvalue weighted by Crippen LogP contribution is -2.49. The number of rotatable bonds is 6. The van der Waals surface area contributed by atoms with E-state index in [2.05, 4.69) is 5.32 Å². The molecule has 1 heterocycles. The van der Waals surface area contributed by atoms with Crippen molar-refractivity contribution in [2.45, 2.75) is 29.1 Å². The van der Waals surface area contributed by atoms with E-state index in [-0.39, 0.29) is 5.69 Å². The number of amides is 1. The molecule has 0 aliphatic carbocycles. The minimum absolute atomic E-state index is 0.207. The van der Waals surface area contributed by atoms with E-state index < -0.39 is 54.1 Å². The number of nitrogens with zero attached hydrogens (tertiary/aromatic N) is 1. The van der Waals surface area contributed by atoms with Crippen LogP contribution in [0.15, 0.2) is 41.3 Å². The molecule has 1 saturated heterocycles. The first kappa shape index (κ1) is 24.1. The van der Waals surface area contributed by atoms with Crippen LogP contribution in [0.3, 0.4) is 0 Å². The molecule has 0 spiro atoms. The van der Waals surface area contributed by atoms with Crippen molar-refractivity contribution in [2.75, 3.05) is 31.0 Å². The van der Waals surface area contributed by atoms with Crippen molar-refractivity contribution in [1.29, 1.82) is 0 Å². The lowest BCUT2D eigenvalue weighted by Gasteiger charge is -2.31. The van der Waals surface area contributed by atoms with Gasteiger partial charge in [0.25, 0.3) is 0 Å². The molecule has 12 heteroatoms. The van der Waals surface area contributed by atoms with Gasteiger partial charge in [0.1, 0.15) is 6.04 Å². The van der Waals surface area contributed by atoms with Gasteiger partial charge in [-0.1, -0.05) is 6.07 Å². The van der Waals surface area contributed by atoms with Crippen molar-refractivity contribution < 1.29 is 36.2 Å². The van der Waals surface area contributed by atoms with Gasteiger partial charge >= 0.3 is 6.18 Å². The van der Waals surface area contributed by atoms with Gasteiger partial charge in [0.15, 0.2) is 17.2 Å². The normalized spacial score (nSPS) is 21.0. The van der Waals surface area contributed by atoms with Crippen molar-refractivity contribution >= 4 is 29.2 Å². The van der Waals surface area contributed by atoms with Gasteiger partial charge < -0.3 is 19.7 Å². The van der Waals surface area contributed by atoms with Crippen molar-refractivity contribution in [3.8, 4) is 5.75 Å². The fourth-order valence-corrected chi connectivity index (χ4v) is 4.00. The molecular weight excluding hydrogens is 457 g/mol. The van der Waals surface area contributed by atoms with Crippen LogP contribution < -0.4 is 20.1 Å². The highest BCUT2D eigenvalue weighted by Gasteiger charge is 2.63. The second-order valence-electron chi connectivity index (χ2n) is 7.09. The van der Waals surface area contributed by atoms with Crippen LogP contribution in [0.1, 0.15) is 6.42 Å². The Bertz CT molecular complexity index is 1010. The Morgan fingerprint density at radius 2 is 1.97 bits per heavy atom. The first-order valence-corrected chi connectivity index (χ1v) is 10.1. The third kappa shape index (κ3) is 4.34. The maximum absolute atomic E-state index is 14.3. The predicted molar refractivity (Wildman–Crippen MR) is 110 cm³/mol. The van der Waals surface area contributed by atoms with Crippen molar-refractivity contribution in [3.05, 3.63) is 48.0 Å². The summed E-state index contributed by atoms with van der Waals surface area (Å²) in [5.41, 5.74) is -2.61. The molecule has 3 rings (SSSR count). The fourth-order valence-electron chi connectivity index (χ4n) is 3.64. The van der Waals surface area contributed by atoms with Crippen LogP contribution in [-0.4, -0.2) is 44.5 Å². The van der Waals surface area contributed by atoms with Gasteiger partial charge in [0.05, 0.1) is 19.3 Å². The van der Waals surface area contributed by atoms with Gasteiger partial charge in [-0.3, -0.25) is 9.93 Å². The van der Waals surface area contributed by atoms with Crippen LogP contribution in [0.5, 0.6) is 5.75 Å². The molecule has 0 radical (unpaired) electrons. The Hall–Kier alpha value is -2.57. The number of anilines is 2. The molecule has 1 aliphatic rings. The maximum atomic E-state index is 14.3. The highest BCUT2D eigenvalue weighted by atomic mass is 32.2. The zero-order chi connectivity index (χ0) is 23.7. The average molecular weight is 477 g/mol. The van der Waals surface area contributed by atoms with Gasteiger partial charge in [-0.05, 0) is 42.3 Å². The fraction of sp³-hybridized carbons (Fsp3) is 0.350. The summed E-state index contributed by atoms with van der Waals surface area (Å²) in [5.74, 6) is -4.02. The summed E-state index contributed by atoms with van der Waals surface area (Å²) in [5, 5.41) is 8.06. The van der Waals surface area contributed by atoms with E-state index in [1.165, 1.54) is 0 Å². The third-order valence-electron chi connectivity index (χ3n) is 5.32. The smallest absolute Gasteiger partial charge is 0.419 e. The molecule has 0 saturated carbocycles. The lowest BCUT2D eigenvalue weighted by atomic mass is 9.99. The van der Waals surface area contributed by atoms with Gasteiger partial charge in [-0.15, -0.1) is 0 Å². The highest BCUT2D eigenvalue weighted by molar-refractivity contribution is 7.97. The van der Waals surface area contributed by atoms with E-state index in [4.69, 9.17) is 14.6 Å². The van der Waals surface area contributed by atoms with Crippen molar-refractivity contribution in [1.82, 2.24) is 0 Å². The van der Waals surface area contributed by atoms with Gasteiger partial charge in [0, 0.05) is 24.1 Å². The number of alkyl halides is 3. The Labute approximate surface area is 185 Å². The number of nitrogens with one attached hydrogen (secondary N) is 1. The largest absolute Gasteiger partial charge is 0.491 e. The monoisotopic (exact) mass is 477 g/mol. The first-order valence-electron chi connectivity index (χ1n) is 9.25. The summed E-state index contributed by atoms with van der Waals surface area (Å²) in [6.45, 7) is -0.828. The number of halogens is 5. The molecule has 2 aromatic rings. The average Bonchev–Trinajstić information content (AvgIpc) is 3.17. The summed E-state index contributed by atoms with van der Waals surface area (Å²) in [4.78, 5) is 14.7. The number of carbonyl (C=O) groups excluding carboxylic acids is 1. The Balaban J connectivity index is 2.04. The van der Waals surface area contributed by atoms with Crippen molar-refractivity contribution in [2.24, 2.45) is 5.14 Å². The van der Waals surface area contributed by atoms with E-state index >= 15 is 0 Å². The number of benzene rings is 2. The minimum atomic E-state index is -4.84. The van der Waals surface area contributed by atoms with Gasteiger partial charge in [-0.25, -0.2) is 4.39 Å². The van der Waals surface area contributed by atoms with Crippen LogP contribution in [0.2, 0.25) is 0 Å². The predicted octanol–water partition coefficient (Wildman–Crippen LogP) is 4.10. The molecule has 0 aromatic heterocycles. The second-order valence-corrected chi connectivity index (χ2v) is 7.80. The summed E-state index contributed by atoms with van der Waals surface area (Å²) in [6, 6.07) is 6.79. The molecular formula is C20H20F5N3O3S. The molecule has 174 valence electrons. The van der Waals surface area contributed by atoms with E-state index in [0.29, 0.717) is 10.6 Å². The number of hydrogen-bond donors (Lipinski definition) is 2. The van der Waals surface area contributed by atoms with Crippen LogP contribution in [0.25, 0.3) is 0 Å². The van der Waals surface area contributed by atoms with Crippen LogP contribution in [0, 0.1) is 11.6 Å². The first-order chi connectivity index (χ1) is 15.1. The quantitative estimate of drug-likeness (QED) is 0.482. The van der Waals surface area contributed by atoms with E-state index in [9.17, 15) is 26.7 Å². The third-order valence-corrected chi connectivity index (χ3v) is 5.84. The minimum Gasteiger partial charge on any atom is -0.491 e. The molecule has 3 N–H and O–H groups in total. The van der Waals surface area contributed by atoms with Crippen LogP contribution >= 0.6 is 11.9 Å². The molecule has 2 atom stereocenters. The lowest BCUT2D eigenvalue weighted by molar-refractivity contribution is -0.261. The molecule has 1 aliphatic heterocycles. The SMILES string of the molecule is COc1c(N2CC(OC)(C(F)(F)F)CC2C(=O)Nc2cccc(SN)c2)ccc(F)c1F. The zero-order valence-corrected chi connectivity index (χ0v) is 17.8. The number of methoxy groups -OCH3 is 2. The molecule has 0 bridgehead atoms. The van der Waals surface area contributed by atoms with Gasteiger partial charge in [0.2, 0.25) is 11.7 Å². The number of ether oxygens (including phenoxy) is 2. The molecule has 2 aromatic carbocycles. The summed E-state index contributed by atoms with van der Waals surface area (Å²) < 4.78 is 79.5. The molecule has 6 nitrogen and oxygen atoms in total. The van der Waals surface area contributed by atoms with Crippen molar-refractivity contribution in [3.63, 3.8) is 0 Å². The highest BCUT2D eigenvalue weighted by Crippen LogP contribution is 2.47.